The Bertz CT molecular complexity index is 101. The standard InChI is InChI=1S/C7H13ClSi/c1-4-7-9(8,5-2)6-3/h5-6H,2-4,7H2,1H3. The van der Waals surface area contributed by atoms with Gasteiger partial charge in [-0.1, -0.05) is 24.7 Å². The minimum atomic E-state index is -1.70. The molecule has 0 fully saturated rings. The van der Waals surface area contributed by atoms with Crippen LogP contribution in [0.3, 0.4) is 0 Å². The lowest BCUT2D eigenvalue weighted by atomic mass is 10.6. The van der Waals surface area contributed by atoms with E-state index in [1.807, 2.05) is 11.4 Å². The minimum absolute atomic E-state index is 1.06. The molecule has 0 bridgehead atoms. The van der Waals surface area contributed by atoms with Crippen molar-refractivity contribution in [1.82, 2.24) is 0 Å². The maximum absolute atomic E-state index is 6.11. The van der Waals surface area contributed by atoms with Gasteiger partial charge in [0.15, 0.2) is 0 Å². The van der Waals surface area contributed by atoms with Crippen LogP contribution >= 0.6 is 11.1 Å². The Morgan fingerprint density at radius 3 is 2.00 bits per heavy atom. The fraction of sp³-hybridized carbons (Fsp3) is 0.429. The van der Waals surface area contributed by atoms with E-state index in [4.69, 9.17) is 11.1 Å². The van der Waals surface area contributed by atoms with Crippen molar-refractivity contribution in [2.24, 2.45) is 0 Å². The zero-order valence-electron chi connectivity index (χ0n) is 5.86. The first-order valence-corrected chi connectivity index (χ1v) is 6.52. The monoisotopic (exact) mass is 160 g/mol. The Morgan fingerprint density at radius 2 is 1.89 bits per heavy atom. The molecule has 0 heterocycles. The fourth-order valence-corrected chi connectivity index (χ4v) is 2.58. The van der Waals surface area contributed by atoms with E-state index in [2.05, 4.69) is 20.1 Å². The first-order valence-electron chi connectivity index (χ1n) is 3.14. The zero-order chi connectivity index (χ0) is 7.33. The van der Waals surface area contributed by atoms with Gasteiger partial charge >= 0.3 is 0 Å². The lowest BCUT2D eigenvalue weighted by Crippen LogP contribution is -2.19. The van der Waals surface area contributed by atoms with Gasteiger partial charge in [0.1, 0.15) is 0 Å². The second kappa shape index (κ2) is 3.91. The highest BCUT2D eigenvalue weighted by Crippen LogP contribution is 2.18. The summed E-state index contributed by atoms with van der Waals surface area (Å²) < 4.78 is 0. The third kappa shape index (κ3) is 2.87. The molecule has 2 heteroatoms. The highest BCUT2D eigenvalue weighted by Gasteiger charge is 2.20. The normalized spacial score (nSPS) is 10.9. The molecule has 0 aliphatic rings. The topological polar surface area (TPSA) is 0 Å². The van der Waals surface area contributed by atoms with Crippen molar-refractivity contribution in [3.8, 4) is 0 Å². The van der Waals surface area contributed by atoms with Crippen LogP contribution in [0.4, 0.5) is 0 Å². The van der Waals surface area contributed by atoms with E-state index in [1.165, 1.54) is 0 Å². The van der Waals surface area contributed by atoms with Crippen molar-refractivity contribution in [3.05, 3.63) is 24.6 Å². The molecule has 0 saturated heterocycles. The summed E-state index contributed by atoms with van der Waals surface area (Å²) in [6, 6.07) is 1.06. The summed E-state index contributed by atoms with van der Waals surface area (Å²) in [4.78, 5) is 0. The van der Waals surface area contributed by atoms with Crippen LogP contribution in [0.5, 0.6) is 0 Å². The average molecular weight is 161 g/mol. The molecule has 0 saturated carbocycles. The van der Waals surface area contributed by atoms with Crippen molar-refractivity contribution in [1.29, 1.82) is 0 Å². The van der Waals surface area contributed by atoms with Gasteiger partial charge in [0.05, 0.1) is 0 Å². The van der Waals surface area contributed by atoms with Crippen molar-refractivity contribution in [2.75, 3.05) is 0 Å². The third-order valence-electron chi connectivity index (χ3n) is 1.31. The van der Waals surface area contributed by atoms with Gasteiger partial charge in [0.25, 0.3) is 0 Å². The Morgan fingerprint density at radius 1 is 1.44 bits per heavy atom. The zero-order valence-corrected chi connectivity index (χ0v) is 7.62. The van der Waals surface area contributed by atoms with E-state index in [0.717, 1.165) is 12.5 Å². The summed E-state index contributed by atoms with van der Waals surface area (Å²) >= 11 is 6.11. The molecule has 9 heavy (non-hydrogen) atoms. The lowest BCUT2D eigenvalue weighted by molar-refractivity contribution is 1.07. The summed E-state index contributed by atoms with van der Waals surface area (Å²) in [5.74, 6) is 0. The molecule has 0 nitrogen and oxygen atoms in total. The molecule has 0 aliphatic carbocycles. The second-order valence-corrected chi connectivity index (χ2v) is 7.37. The molecule has 0 unspecified atom stereocenters. The SMILES string of the molecule is C=C[Si](Cl)(C=C)CCC. The highest BCUT2D eigenvalue weighted by atomic mass is 35.6. The molecule has 0 aromatic rings. The van der Waals surface area contributed by atoms with Crippen LogP contribution in [0, 0.1) is 0 Å². The number of hydrogen-bond donors (Lipinski definition) is 0. The van der Waals surface area contributed by atoms with Gasteiger partial charge in [-0.2, -0.15) is 11.1 Å². The van der Waals surface area contributed by atoms with Gasteiger partial charge in [-0.05, 0) is 6.04 Å². The van der Waals surface area contributed by atoms with Gasteiger partial charge in [-0.25, -0.2) is 0 Å². The second-order valence-electron chi connectivity index (χ2n) is 2.09. The highest BCUT2D eigenvalue weighted by molar-refractivity contribution is 7.25. The Balaban J connectivity index is 3.91. The summed E-state index contributed by atoms with van der Waals surface area (Å²) in [5.41, 5.74) is 3.73. The van der Waals surface area contributed by atoms with Gasteiger partial charge in [-0.15, -0.1) is 13.2 Å². The first-order chi connectivity index (χ1) is 4.18. The average Bonchev–Trinajstić information content (AvgIpc) is 1.89. The predicted octanol–water partition coefficient (Wildman–Crippen LogP) is 3.03. The maximum atomic E-state index is 6.11. The Labute approximate surface area is 62.9 Å². The molecule has 0 aromatic carbocycles. The number of halogens is 1. The summed E-state index contributed by atoms with van der Waals surface area (Å²) in [6.07, 6.45) is 1.12. The van der Waals surface area contributed by atoms with Crippen molar-refractivity contribution in [2.45, 2.75) is 19.4 Å². The molecule has 0 aliphatic heterocycles. The van der Waals surface area contributed by atoms with Crippen LogP contribution in [0.15, 0.2) is 24.6 Å². The summed E-state index contributed by atoms with van der Waals surface area (Å²) in [7, 11) is -1.70. The molecule has 0 rings (SSSR count). The molecular formula is C7H13ClSi. The van der Waals surface area contributed by atoms with Crippen molar-refractivity contribution < 1.29 is 0 Å². The van der Waals surface area contributed by atoms with Crippen LogP contribution in [0.2, 0.25) is 6.04 Å². The van der Waals surface area contributed by atoms with Crippen LogP contribution in [-0.2, 0) is 0 Å². The van der Waals surface area contributed by atoms with Crippen molar-refractivity contribution >= 4 is 18.5 Å². The van der Waals surface area contributed by atoms with Gasteiger partial charge in [0, 0.05) is 0 Å². The maximum Gasteiger partial charge on any atom is 0.202 e. The van der Waals surface area contributed by atoms with Crippen LogP contribution in [0.25, 0.3) is 0 Å². The molecule has 52 valence electrons. The molecule has 0 spiro atoms. The largest absolute Gasteiger partial charge is 0.202 e. The van der Waals surface area contributed by atoms with Gasteiger partial charge in [0.2, 0.25) is 7.38 Å². The smallest absolute Gasteiger partial charge is 0.156 e. The van der Waals surface area contributed by atoms with E-state index < -0.39 is 7.38 Å². The molecule has 0 N–H and O–H groups in total. The Kier molecular flexibility index (Phi) is 3.90. The van der Waals surface area contributed by atoms with Gasteiger partial charge in [-0.3, -0.25) is 0 Å². The fourth-order valence-electron chi connectivity index (χ4n) is 0.671. The van der Waals surface area contributed by atoms with Crippen LogP contribution in [0.1, 0.15) is 13.3 Å². The number of hydrogen-bond acceptors (Lipinski definition) is 0. The van der Waals surface area contributed by atoms with Crippen molar-refractivity contribution in [3.63, 3.8) is 0 Å². The van der Waals surface area contributed by atoms with E-state index in [-0.39, 0.29) is 0 Å². The predicted molar refractivity (Wildman–Crippen MR) is 47.1 cm³/mol. The lowest BCUT2D eigenvalue weighted by Gasteiger charge is -2.12. The van der Waals surface area contributed by atoms with Gasteiger partial charge < -0.3 is 0 Å². The molecule has 0 amide bonds. The Hall–Kier alpha value is -0.0131. The summed E-state index contributed by atoms with van der Waals surface area (Å²) in [5, 5.41) is 0. The van der Waals surface area contributed by atoms with E-state index in [0.29, 0.717) is 0 Å². The third-order valence-corrected chi connectivity index (χ3v) is 5.43. The summed E-state index contributed by atoms with van der Waals surface area (Å²) in [6.45, 7) is 9.48. The molecule has 0 aromatic heterocycles. The van der Waals surface area contributed by atoms with E-state index in [1.54, 1.807) is 0 Å². The quantitative estimate of drug-likeness (QED) is 0.438. The molecular weight excluding hydrogens is 148 g/mol. The minimum Gasteiger partial charge on any atom is -0.156 e. The van der Waals surface area contributed by atoms with Crippen LogP contribution < -0.4 is 0 Å². The van der Waals surface area contributed by atoms with Crippen LogP contribution in [-0.4, -0.2) is 7.38 Å². The number of rotatable bonds is 4. The first kappa shape index (κ1) is 8.99. The molecule has 0 atom stereocenters. The van der Waals surface area contributed by atoms with E-state index >= 15 is 0 Å². The van der Waals surface area contributed by atoms with E-state index in [9.17, 15) is 0 Å². The molecule has 0 radical (unpaired) electrons.